The van der Waals surface area contributed by atoms with Crippen molar-refractivity contribution in [1.29, 1.82) is 0 Å². The molecule has 0 spiro atoms. The molecule has 2 atom stereocenters. The highest BCUT2D eigenvalue weighted by atomic mass is 16.5. The monoisotopic (exact) mass is 1040 g/mol. The first-order chi connectivity index (χ1) is 36.5. The Labute approximate surface area is 462 Å². The maximum Gasteiger partial charge on any atom is 0.305 e. The summed E-state index contributed by atoms with van der Waals surface area (Å²) >= 11 is 0. The second-order valence-corrected chi connectivity index (χ2v) is 22.8. The van der Waals surface area contributed by atoms with Crippen LogP contribution in [0.15, 0.2) is 36.5 Å². The van der Waals surface area contributed by atoms with Crippen LogP contribution >= 0.6 is 0 Å². The molecule has 0 aromatic rings. The summed E-state index contributed by atoms with van der Waals surface area (Å²) in [6.07, 6.45) is 80.9. The van der Waals surface area contributed by atoms with E-state index in [1.807, 2.05) is 6.08 Å². The minimum Gasteiger partial charge on any atom is -0.466 e. The lowest BCUT2D eigenvalue weighted by Crippen LogP contribution is -2.45. The summed E-state index contributed by atoms with van der Waals surface area (Å²) in [5.41, 5.74) is 0. The van der Waals surface area contributed by atoms with E-state index in [1.165, 1.54) is 289 Å². The number of ether oxygens (including phenoxy) is 1. The average Bonchev–Trinajstić information content (AvgIpc) is 3.40. The third-order valence-corrected chi connectivity index (χ3v) is 15.4. The molecule has 1 amide bonds. The van der Waals surface area contributed by atoms with E-state index in [1.54, 1.807) is 6.08 Å². The van der Waals surface area contributed by atoms with Crippen LogP contribution in [0.1, 0.15) is 361 Å². The number of allylic oxidation sites excluding steroid dienone is 5. The fraction of sp³-hybridized carbons (Fsp3) is 0.882. The molecule has 0 heterocycles. The molecule has 0 rings (SSSR count). The van der Waals surface area contributed by atoms with E-state index in [4.69, 9.17) is 4.74 Å². The minimum atomic E-state index is -0.840. The average molecular weight is 1040 g/mol. The number of aliphatic hydroxyl groups excluding tert-OH is 2. The third kappa shape index (κ3) is 59.3. The molecule has 0 fully saturated rings. The third-order valence-electron chi connectivity index (χ3n) is 15.4. The summed E-state index contributed by atoms with van der Waals surface area (Å²) in [7, 11) is 0. The molecule has 0 radical (unpaired) electrons. The van der Waals surface area contributed by atoms with E-state index >= 15 is 0 Å². The molecule has 74 heavy (non-hydrogen) atoms. The normalized spacial score (nSPS) is 12.8. The predicted octanol–water partition coefficient (Wildman–Crippen LogP) is 21.1. The fourth-order valence-electron chi connectivity index (χ4n) is 10.3. The molecule has 3 N–H and O–H groups in total. The van der Waals surface area contributed by atoms with Gasteiger partial charge in [0, 0.05) is 12.8 Å². The summed E-state index contributed by atoms with van der Waals surface area (Å²) < 4.78 is 5.46. The van der Waals surface area contributed by atoms with E-state index < -0.39 is 12.1 Å². The van der Waals surface area contributed by atoms with Crippen molar-refractivity contribution in [2.45, 2.75) is 373 Å². The molecule has 0 saturated carbocycles. The number of rotatable bonds is 62. The topological polar surface area (TPSA) is 95.9 Å². The second-order valence-electron chi connectivity index (χ2n) is 22.8. The quantitative estimate of drug-likeness (QED) is 0.0320. The first kappa shape index (κ1) is 72.1. The summed E-state index contributed by atoms with van der Waals surface area (Å²) in [5, 5.41) is 23.0. The number of hydrogen-bond donors (Lipinski definition) is 3. The lowest BCUT2D eigenvalue weighted by atomic mass is 10.0. The van der Waals surface area contributed by atoms with Crippen LogP contribution in [0.25, 0.3) is 0 Å². The van der Waals surface area contributed by atoms with Crippen molar-refractivity contribution in [2.75, 3.05) is 13.2 Å². The number of carbonyl (C=O) groups is 2. The standard InChI is InChI=1S/C68H129NO5/c1-3-5-7-9-11-13-40-44-48-52-56-60-66(71)65(64-70)69-67(72)61-57-53-49-45-42-38-36-34-32-30-28-26-24-22-20-18-16-15-17-19-21-23-25-27-29-31-33-35-37-39-43-47-51-55-59-63-74-68(73)62-58-54-50-46-41-14-12-10-8-6-4-2/h10,12,17,19,56,60,65-66,70-71H,3-9,11,13-16,18,20-55,57-59,61-64H2,1-2H3,(H,69,72)/b12-10-,19-17-,60-56+. The van der Waals surface area contributed by atoms with Gasteiger partial charge in [0.1, 0.15) is 0 Å². The molecule has 436 valence electrons. The Morgan fingerprint density at radius 3 is 1.00 bits per heavy atom. The van der Waals surface area contributed by atoms with Crippen LogP contribution in [0.5, 0.6) is 0 Å². The molecule has 0 saturated heterocycles. The number of nitrogens with one attached hydrogen (secondary N) is 1. The number of hydrogen-bond acceptors (Lipinski definition) is 5. The Hall–Kier alpha value is -1.92. The van der Waals surface area contributed by atoms with Crippen LogP contribution in [-0.4, -0.2) is 47.4 Å². The van der Waals surface area contributed by atoms with Crippen LogP contribution in [0.3, 0.4) is 0 Å². The number of unbranched alkanes of at least 4 members (excludes halogenated alkanes) is 47. The molecular formula is C68H129NO5. The van der Waals surface area contributed by atoms with Gasteiger partial charge in [-0.15, -0.1) is 0 Å². The van der Waals surface area contributed by atoms with E-state index in [9.17, 15) is 19.8 Å². The van der Waals surface area contributed by atoms with Crippen molar-refractivity contribution in [2.24, 2.45) is 0 Å². The SMILES string of the molecule is CCCC/C=C\CCCCCCCC(=O)OCCCCCCCCCCCCCCCC/C=C\CCCCCCCCCCCCCCCCCCCC(=O)NC(CO)C(O)/C=C/CCCCCCCCCCC. The van der Waals surface area contributed by atoms with Crippen LogP contribution in [-0.2, 0) is 14.3 Å². The minimum absolute atomic E-state index is 0.00877. The molecule has 0 aliphatic heterocycles. The van der Waals surface area contributed by atoms with Gasteiger partial charge in [0.05, 0.1) is 25.4 Å². The van der Waals surface area contributed by atoms with E-state index in [-0.39, 0.29) is 18.5 Å². The Balaban J connectivity index is 3.34. The van der Waals surface area contributed by atoms with Crippen molar-refractivity contribution in [1.82, 2.24) is 5.32 Å². The highest BCUT2D eigenvalue weighted by Gasteiger charge is 2.18. The van der Waals surface area contributed by atoms with Crippen molar-refractivity contribution < 1.29 is 24.5 Å². The first-order valence-corrected chi connectivity index (χ1v) is 33.3. The molecule has 0 aromatic heterocycles. The molecule has 0 aromatic carbocycles. The van der Waals surface area contributed by atoms with Crippen LogP contribution in [0.4, 0.5) is 0 Å². The van der Waals surface area contributed by atoms with Crippen LogP contribution in [0.2, 0.25) is 0 Å². The molecule has 2 unspecified atom stereocenters. The molecule has 6 heteroatoms. The highest BCUT2D eigenvalue weighted by Crippen LogP contribution is 2.18. The zero-order valence-electron chi connectivity index (χ0n) is 49.8. The number of esters is 1. The van der Waals surface area contributed by atoms with Gasteiger partial charge in [-0.1, -0.05) is 307 Å². The number of carbonyl (C=O) groups excluding carboxylic acids is 2. The summed E-state index contributed by atoms with van der Waals surface area (Å²) in [6, 6.07) is -0.623. The smallest absolute Gasteiger partial charge is 0.305 e. The van der Waals surface area contributed by atoms with Crippen molar-refractivity contribution >= 4 is 11.9 Å². The largest absolute Gasteiger partial charge is 0.466 e. The zero-order chi connectivity index (χ0) is 53.6. The van der Waals surface area contributed by atoms with Gasteiger partial charge in [0.25, 0.3) is 0 Å². The Morgan fingerprint density at radius 1 is 0.365 bits per heavy atom. The van der Waals surface area contributed by atoms with Crippen LogP contribution in [0, 0.1) is 0 Å². The van der Waals surface area contributed by atoms with Gasteiger partial charge in [-0.3, -0.25) is 9.59 Å². The summed E-state index contributed by atoms with van der Waals surface area (Å²) in [5.74, 6) is -0.0558. The van der Waals surface area contributed by atoms with Gasteiger partial charge in [-0.05, 0) is 77.0 Å². The highest BCUT2D eigenvalue weighted by molar-refractivity contribution is 5.76. The Bertz CT molecular complexity index is 1200. The van der Waals surface area contributed by atoms with Crippen molar-refractivity contribution in [3.63, 3.8) is 0 Å². The lowest BCUT2D eigenvalue weighted by Gasteiger charge is -2.20. The van der Waals surface area contributed by atoms with Gasteiger partial charge in [-0.2, -0.15) is 0 Å². The maximum absolute atomic E-state index is 12.4. The zero-order valence-corrected chi connectivity index (χ0v) is 49.8. The predicted molar refractivity (Wildman–Crippen MR) is 324 cm³/mol. The maximum atomic E-state index is 12.4. The lowest BCUT2D eigenvalue weighted by molar-refractivity contribution is -0.143. The van der Waals surface area contributed by atoms with Gasteiger partial charge in [0.2, 0.25) is 5.91 Å². The van der Waals surface area contributed by atoms with E-state index in [2.05, 4.69) is 43.5 Å². The van der Waals surface area contributed by atoms with Crippen molar-refractivity contribution in [3.05, 3.63) is 36.5 Å². The Kier molecular flexibility index (Phi) is 62.0. The van der Waals surface area contributed by atoms with Gasteiger partial charge >= 0.3 is 5.97 Å². The summed E-state index contributed by atoms with van der Waals surface area (Å²) in [4.78, 5) is 24.4. The van der Waals surface area contributed by atoms with Gasteiger partial charge in [0.15, 0.2) is 0 Å². The number of aliphatic hydroxyl groups is 2. The Morgan fingerprint density at radius 2 is 0.649 bits per heavy atom. The molecule has 6 nitrogen and oxygen atoms in total. The van der Waals surface area contributed by atoms with Crippen LogP contribution < -0.4 is 5.32 Å². The van der Waals surface area contributed by atoms with Gasteiger partial charge in [-0.25, -0.2) is 0 Å². The van der Waals surface area contributed by atoms with Gasteiger partial charge < -0.3 is 20.3 Å². The summed E-state index contributed by atoms with van der Waals surface area (Å²) in [6.45, 7) is 4.87. The fourth-order valence-corrected chi connectivity index (χ4v) is 10.3. The molecule has 0 bridgehead atoms. The molecular weight excluding hydrogens is 911 g/mol. The molecule has 0 aliphatic rings. The van der Waals surface area contributed by atoms with Crippen molar-refractivity contribution in [3.8, 4) is 0 Å². The van der Waals surface area contributed by atoms with E-state index in [0.29, 0.717) is 19.4 Å². The number of amides is 1. The first-order valence-electron chi connectivity index (χ1n) is 33.3. The molecule has 0 aliphatic carbocycles. The van der Waals surface area contributed by atoms with E-state index in [0.717, 1.165) is 44.9 Å². The second kappa shape index (κ2) is 63.6.